The van der Waals surface area contributed by atoms with Gasteiger partial charge in [-0.3, -0.25) is 4.79 Å². The zero-order valence-corrected chi connectivity index (χ0v) is 4.03. The summed E-state index contributed by atoms with van der Waals surface area (Å²) in [6, 6.07) is 0. The lowest BCUT2D eigenvalue weighted by Gasteiger charge is -1.88. The summed E-state index contributed by atoms with van der Waals surface area (Å²) >= 11 is 0. The third-order valence-electron chi connectivity index (χ3n) is 0.520. The third-order valence-corrected chi connectivity index (χ3v) is 0.520. The topological polar surface area (TPSA) is 17.1 Å². The van der Waals surface area contributed by atoms with Crippen LogP contribution in [0.3, 0.4) is 0 Å². The molecule has 0 aromatic rings. The number of halogens is 2. The Kier molecular flexibility index (Phi) is 2.78. The van der Waals surface area contributed by atoms with Crippen LogP contribution in [-0.4, -0.2) is 12.2 Å². The van der Waals surface area contributed by atoms with E-state index in [4.69, 9.17) is 0 Å². The Morgan fingerprint density at radius 2 is 2.25 bits per heavy atom. The molecule has 3 heteroatoms. The van der Waals surface area contributed by atoms with E-state index < -0.39 is 18.6 Å². The van der Waals surface area contributed by atoms with Crippen molar-refractivity contribution in [3.05, 3.63) is 0 Å². The highest BCUT2D eigenvalue weighted by molar-refractivity contribution is 5.83. The number of Topliss-reactive ketones (excluding diaryl/α,β-unsaturated/α-hetero) is 1. The van der Waals surface area contributed by atoms with Gasteiger partial charge in [0.05, 0.1) is 6.42 Å². The Labute approximate surface area is 45.7 Å². The number of ketones is 1. The predicted molar refractivity (Wildman–Crippen MR) is 24.5 cm³/mol. The molecule has 0 aromatic carbocycles. The van der Waals surface area contributed by atoms with Crippen LogP contribution in [0.2, 0.25) is 0 Å². The average Bonchev–Trinajstić information content (AvgIpc) is 1.67. The second-order valence-corrected chi connectivity index (χ2v) is 1.15. The van der Waals surface area contributed by atoms with Crippen LogP contribution in [0.1, 0.15) is 6.42 Å². The second kappa shape index (κ2) is 3.14. The van der Waals surface area contributed by atoms with E-state index in [1.165, 1.54) is 0 Å². The fraction of sp³-hybridized carbons (Fsp3) is 0.400. The van der Waals surface area contributed by atoms with Crippen LogP contribution in [-0.2, 0) is 4.79 Å². The van der Waals surface area contributed by atoms with Crippen molar-refractivity contribution in [2.24, 2.45) is 0 Å². The molecule has 0 fully saturated rings. The lowest BCUT2D eigenvalue weighted by Crippen LogP contribution is -2.07. The summed E-state index contributed by atoms with van der Waals surface area (Å²) in [4.78, 5) is 9.85. The van der Waals surface area contributed by atoms with Gasteiger partial charge in [-0.2, -0.15) is 0 Å². The first-order valence-corrected chi connectivity index (χ1v) is 1.93. The van der Waals surface area contributed by atoms with Gasteiger partial charge in [-0.15, -0.1) is 6.42 Å². The minimum atomic E-state index is -2.91. The molecular formula is C5H4F2O. The van der Waals surface area contributed by atoms with E-state index in [0.29, 0.717) is 0 Å². The molecule has 0 N–H and O–H groups in total. The number of hydrogen-bond acceptors (Lipinski definition) is 1. The molecule has 0 aliphatic carbocycles. The number of carbonyl (C=O) groups is 1. The van der Waals surface area contributed by atoms with Gasteiger partial charge in [0, 0.05) is 0 Å². The Balaban J connectivity index is 3.53. The van der Waals surface area contributed by atoms with Gasteiger partial charge in [-0.1, -0.05) is 5.92 Å². The van der Waals surface area contributed by atoms with E-state index in [2.05, 4.69) is 6.42 Å². The maximum Gasteiger partial charge on any atom is 0.296 e. The highest BCUT2D eigenvalue weighted by atomic mass is 19.3. The molecule has 0 spiro atoms. The highest BCUT2D eigenvalue weighted by Crippen LogP contribution is 1.95. The quantitative estimate of drug-likeness (QED) is 0.491. The van der Waals surface area contributed by atoms with E-state index in [9.17, 15) is 13.6 Å². The first-order chi connectivity index (χ1) is 3.68. The van der Waals surface area contributed by atoms with Gasteiger partial charge in [-0.05, 0) is 0 Å². The Morgan fingerprint density at radius 3 is 2.38 bits per heavy atom. The zero-order valence-electron chi connectivity index (χ0n) is 4.03. The highest BCUT2D eigenvalue weighted by Gasteiger charge is 2.12. The molecule has 0 unspecified atom stereocenters. The van der Waals surface area contributed by atoms with Crippen molar-refractivity contribution < 1.29 is 13.6 Å². The van der Waals surface area contributed by atoms with E-state index in [-0.39, 0.29) is 0 Å². The monoisotopic (exact) mass is 118 g/mol. The van der Waals surface area contributed by atoms with Crippen LogP contribution in [0, 0.1) is 12.3 Å². The molecule has 0 rings (SSSR count). The molecule has 44 valence electrons. The molecule has 0 bridgehead atoms. The van der Waals surface area contributed by atoms with Gasteiger partial charge < -0.3 is 0 Å². The van der Waals surface area contributed by atoms with Crippen molar-refractivity contribution in [1.29, 1.82) is 0 Å². The summed E-state index contributed by atoms with van der Waals surface area (Å²) < 4.78 is 22.3. The lowest BCUT2D eigenvalue weighted by molar-refractivity contribution is -0.128. The van der Waals surface area contributed by atoms with Gasteiger partial charge >= 0.3 is 0 Å². The van der Waals surface area contributed by atoms with Gasteiger partial charge in [0.2, 0.25) is 5.78 Å². The molecule has 0 amide bonds. The average molecular weight is 118 g/mol. The third kappa shape index (κ3) is 2.30. The van der Waals surface area contributed by atoms with Crippen LogP contribution in [0.15, 0.2) is 0 Å². The molecule has 0 radical (unpaired) electrons. The van der Waals surface area contributed by atoms with Crippen LogP contribution in [0.4, 0.5) is 8.78 Å². The smallest absolute Gasteiger partial charge is 0.292 e. The van der Waals surface area contributed by atoms with E-state index in [1.807, 2.05) is 5.92 Å². The minimum Gasteiger partial charge on any atom is -0.292 e. The molecule has 0 saturated carbocycles. The van der Waals surface area contributed by atoms with Crippen LogP contribution in [0.5, 0.6) is 0 Å². The number of hydrogen-bond donors (Lipinski definition) is 0. The second-order valence-electron chi connectivity index (χ2n) is 1.15. The summed E-state index contributed by atoms with van der Waals surface area (Å²) in [6.45, 7) is 0. The van der Waals surface area contributed by atoms with Crippen molar-refractivity contribution in [1.82, 2.24) is 0 Å². The Hall–Kier alpha value is -0.910. The number of rotatable bonds is 2. The molecule has 0 saturated heterocycles. The largest absolute Gasteiger partial charge is 0.296 e. The Morgan fingerprint density at radius 1 is 1.75 bits per heavy atom. The summed E-state index contributed by atoms with van der Waals surface area (Å²) in [5.41, 5.74) is 0. The number of terminal acetylenes is 1. The molecular weight excluding hydrogens is 114 g/mol. The minimum absolute atomic E-state index is 0.475. The molecule has 0 heterocycles. The zero-order chi connectivity index (χ0) is 6.57. The van der Waals surface area contributed by atoms with Crippen LogP contribution < -0.4 is 0 Å². The van der Waals surface area contributed by atoms with Crippen molar-refractivity contribution in [3.8, 4) is 12.3 Å². The summed E-state index contributed by atoms with van der Waals surface area (Å²) in [5.74, 6) is 0.632. The first kappa shape index (κ1) is 7.09. The fourth-order valence-corrected chi connectivity index (χ4v) is 0.178. The standard InChI is InChI=1S/C5H4F2O/c1-2-3-4(8)5(6)7/h1,5H,3H2. The summed E-state index contributed by atoms with van der Waals surface area (Å²) in [6.07, 6.45) is 1.18. The number of carbonyl (C=O) groups excluding carboxylic acids is 1. The van der Waals surface area contributed by atoms with Gasteiger partial charge in [-0.25, -0.2) is 8.78 Å². The lowest BCUT2D eigenvalue weighted by atomic mass is 10.3. The molecule has 0 aliphatic rings. The van der Waals surface area contributed by atoms with Gasteiger partial charge in [0.1, 0.15) is 0 Å². The van der Waals surface area contributed by atoms with Crippen LogP contribution >= 0.6 is 0 Å². The first-order valence-electron chi connectivity index (χ1n) is 1.93. The van der Waals surface area contributed by atoms with Crippen molar-refractivity contribution in [2.75, 3.05) is 0 Å². The van der Waals surface area contributed by atoms with Gasteiger partial charge in [0.25, 0.3) is 6.43 Å². The summed E-state index contributed by atoms with van der Waals surface area (Å²) in [7, 11) is 0. The molecule has 8 heavy (non-hydrogen) atoms. The fourth-order valence-electron chi connectivity index (χ4n) is 0.178. The van der Waals surface area contributed by atoms with Crippen molar-refractivity contribution in [2.45, 2.75) is 12.8 Å². The van der Waals surface area contributed by atoms with Crippen molar-refractivity contribution >= 4 is 5.78 Å². The van der Waals surface area contributed by atoms with Crippen molar-refractivity contribution in [3.63, 3.8) is 0 Å². The number of alkyl halides is 2. The molecule has 1 nitrogen and oxygen atoms in total. The van der Waals surface area contributed by atoms with E-state index in [1.54, 1.807) is 0 Å². The van der Waals surface area contributed by atoms with Crippen LogP contribution in [0.25, 0.3) is 0 Å². The van der Waals surface area contributed by atoms with Gasteiger partial charge in [0.15, 0.2) is 0 Å². The molecule has 0 atom stereocenters. The van der Waals surface area contributed by atoms with E-state index in [0.717, 1.165) is 0 Å². The van der Waals surface area contributed by atoms with E-state index >= 15 is 0 Å². The molecule has 0 aromatic heterocycles. The Bertz CT molecular complexity index is 123. The predicted octanol–water partition coefficient (Wildman–Crippen LogP) is 0.844. The summed E-state index contributed by atoms with van der Waals surface area (Å²) in [5, 5.41) is 0. The maximum absolute atomic E-state index is 11.2. The molecule has 0 aliphatic heterocycles. The normalized spacial score (nSPS) is 8.75. The SMILES string of the molecule is C#CCC(=O)C(F)F. The maximum atomic E-state index is 11.2.